The molecule has 4 nitrogen and oxygen atoms in total. The number of rotatable bonds is 5. The molecule has 2 N–H and O–H groups in total. The van der Waals surface area contributed by atoms with Crippen molar-refractivity contribution in [3.8, 4) is 17.2 Å². The minimum Gasteiger partial charge on any atom is -0.508 e. The van der Waals surface area contributed by atoms with Crippen molar-refractivity contribution in [2.45, 2.75) is 19.9 Å². The predicted molar refractivity (Wildman–Crippen MR) is 84.4 cm³/mol. The number of aromatic hydroxyl groups is 1. The van der Waals surface area contributed by atoms with Crippen molar-refractivity contribution in [2.75, 3.05) is 19.5 Å². The molecule has 21 heavy (non-hydrogen) atoms. The van der Waals surface area contributed by atoms with Gasteiger partial charge >= 0.3 is 0 Å². The van der Waals surface area contributed by atoms with Crippen LogP contribution in [0, 0.1) is 6.92 Å². The highest BCUT2D eigenvalue weighted by atomic mass is 16.5. The number of hydrogen-bond donors (Lipinski definition) is 2. The van der Waals surface area contributed by atoms with E-state index in [0.717, 1.165) is 28.3 Å². The van der Waals surface area contributed by atoms with Crippen LogP contribution in [0.1, 0.15) is 24.1 Å². The molecule has 0 radical (unpaired) electrons. The van der Waals surface area contributed by atoms with E-state index in [1.165, 1.54) is 0 Å². The highest BCUT2D eigenvalue weighted by molar-refractivity contribution is 5.61. The number of nitrogens with one attached hydrogen (secondary N) is 1. The third-order valence-electron chi connectivity index (χ3n) is 3.43. The molecule has 2 aromatic carbocycles. The Morgan fingerprint density at radius 2 is 1.81 bits per heavy atom. The number of hydrogen-bond acceptors (Lipinski definition) is 4. The van der Waals surface area contributed by atoms with E-state index in [1.54, 1.807) is 20.3 Å². The van der Waals surface area contributed by atoms with Crippen molar-refractivity contribution >= 4 is 5.69 Å². The molecule has 0 amide bonds. The third kappa shape index (κ3) is 3.40. The molecule has 2 rings (SSSR count). The summed E-state index contributed by atoms with van der Waals surface area (Å²) in [7, 11) is 3.25. The zero-order valence-electron chi connectivity index (χ0n) is 12.8. The Bertz CT molecular complexity index is 625. The van der Waals surface area contributed by atoms with Crippen molar-refractivity contribution < 1.29 is 14.6 Å². The van der Waals surface area contributed by atoms with Gasteiger partial charge in [0.2, 0.25) is 0 Å². The zero-order valence-corrected chi connectivity index (χ0v) is 12.8. The molecule has 0 spiro atoms. The topological polar surface area (TPSA) is 50.7 Å². The first kappa shape index (κ1) is 15.0. The normalized spacial score (nSPS) is 11.8. The molecule has 1 atom stereocenters. The van der Waals surface area contributed by atoms with Crippen LogP contribution in [0.25, 0.3) is 0 Å². The van der Waals surface area contributed by atoms with Crippen molar-refractivity contribution in [3.63, 3.8) is 0 Å². The lowest BCUT2D eigenvalue weighted by Crippen LogP contribution is -2.08. The molecule has 4 heteroatoms. The van der Waals surface area contributed by atoms with Gasteiger partial charge in [-0.25, -0.2) is 0 Å². The molecule has 0 fully saturated rings. The number of anilines is 1. The van der Waals surface area contributed by atoms with E-state index in [4.69, 9.17) is 9.47 Å². The zero-order chi connectivity index (χ0) is 15.4. The molecule has 0 aromatic heterocycles. The standard InChI is InChI=1S/C17H21NO3/c1-11-5-7-16(19)14(9-11)12(2)18-15-10-13(20-3)6-8-17(15)21-4/h5-10,12,18-19H,1-4H3. The number of aryl methyl sites for hydroxylation is 1. The molecular weight excluding hydrogens is 266 g/mol. The van der Waals surface area contributed by atoms with Crippen LogP contribution in [0.5, 0.6) is 17.2 Å². The van der Waals surface area contributed by atoms with Crippen molar-refractivity contribution in [3.05, 3.63) is 47.5 Å². The van der Waals surface area contributed by atoms with Crippen LogP contribution in [-0.4, -0.2) is 19.3 Å². The Labute approximate surface area is 125 Å². The lowest BCUT2D eigenvalue weighted by atomic mass is 10.0. The first-order chi connectivity index (χ1) is 10.0. The first-order valence-corrected chi connectivity index (χ1v) is 6.83. The van der Waals surface area contributed by atoms with Gasteiger partial charge in [0.1, 0.15) is 17.2 Å². The van der Waals surface area contributed by atoms with Crippen molar-refractivity contribution in [1.29, 1.82) is 0 Å². The second-order valence-electron chi connectivity index (χ2n) is 4.99. The predicted octanol–water partition coefficient (Wildman–Crippen LogP) is 3.89. The van der Waals surface area contributed by atoms with E-state index in [0.29, 0.717) is 0 Å². The van der Waals surface area contributed by atoms with Gasteiger partial charge in [-0.3, -0.25) is 0 Å². The van der Waals surface area contributed by atoms with Crippen LogP contribution in [0.15, 0.2) is 36.4 Å². The second-order valence-corrected chi connectivity index (χ2v) is 4.99. The molecule has 0 saturated carbocycles. The SMILES string of the molecule is COc1ccc(OC)c(NC(C)c2cc(C)ccc2O)c1. The van der Waals surface area contributed by atoms with Gasteiger partial charge in [-0.2, -0.15) is 0 Å². The molecular formula is C17H21NO3. The molecule has 0 heterocycles. The van der Waals surface area contributed by atoms with E-state index >= 15 is 0 Å². The number of benzene rings is 2. The summed E-state index contributed by atoms with van der Waals surface area (Å²) in [5.41, 5.74) is 2.78. The number of methoxy groups -OCH3 is 2. The summed E-state index contributed by atoms with van der Waals surface area (Å²) in [5, 5.41) is 13.4. The number of phenols is 1. The Hall–Kier alpha value is -2.36. The van der Waals surface area contributed by atoms with Gasteiger partial charge in [0, 0.05) is 11.6 Å². The van der Waals surface area contributed by atoms with Gasteiger partial charge in [-0.15, -0.1) is 0 Å². The fourth-order valence-electron chi connectivity index (χ4n) is 2.26. The largest absolute Gasteiger partial charge is 0.508 e. The summed E-state index contributed by atoms with van der Waals surface area (Å²) in [5.74, 6) is 1.76. The molecule has 0 aliphatic rings. The third-order valence-corrected chi connectivity index (χ3v) is 3.43. The van der Waals surface area contributed by atoms with E-state index in [9.17, 15) is 5.11 Å². The monoisotopic (exact) mass is 287 g/mol. The van der Waals surface area contributed by atoms with E-state index in [2.05, 4.69) is 5.32 Å². The average Bonchev–Trinajstić information content (AvgIpc) is 2.49. The quantitative estimate of drug-likeness (QED) is 0.876. The maximum atomic E-state index is 10.0. The van der Waals surface area contributed by atoms with E-state index < -0.39 is 0 Å². The van der Waals surface area contributed by atoms with Gasteiger partial charge in [-0.1, -0.05) is 17.7 Å². The first-order valence-electron chi connectivity index (χ1n) is 6.83. The summed E-state index contributed by atoms with van der Waals surface area (Å²) >= 11 is 0. The van der Waals surface area contributed by atoms with Crippen LogP contribution >= 0.6 is 0 Å². The highest BCUT2D eigenvalue weighted by Crippen LogP contribution is 2.34. The van der Waals surface area contributed by atoms with Gasteiger partial charge in [0.25, 0.3) is 0 Å². The van der Waals surface area contributed by atoms with Crippen LogP contribution in [0.3, 0.4) is 0 Å². The second kappa shape index (κ2) is 6.39. The number of phenolic OH excluding ortho intramolecular Hbond substituents is 1. The molecule has 0 aliphatic carbocycles. The molecule has 0 aliphatic heterocycles. The molecule has 0 bridgehead atoms. The Morgan fingerprint density at radius 1 is 1.05 bits per heavy atom. The molecule has 112 valence electrons. The minimum atomic E-state index is -0.0640. The fourth-order valence-corrected chi connectivity index (χ4v) is 2.26. The van der Waals surface area contributed by atoms with Crippen LogP contribution in [0.2, 0.25) is 0 Å². The summed E-state index contributed by atoms with van der Waals surface area (Å²) in [4.78, 5) is 0. The van der Waals surface area contributed by atoms with Gasteiger partial charge < -0.3 is 19.9 Å². The van der Waals surface area contributed by atoms with Gasteiger partial charge in [-0.05, 0) is 32.0 Å². The van der Waals surface area contributed by atoms with Crippen LogP contribution in [0.4, 0.5) is 5.69 Å². The maximum absolute atomic E-state index is 10.0. The van der Waals surface area contributed by atoms with Crippen LogP contribution in [-0.2, 0) is 0 Å². The number of ether oxygens (including phenoxy) is 2. The fraction of sp³-hybridized carbons (Fsp3) is 0.294. The van der Waals surface area contributed by atoms with Crippen molar-refractivity contribution in [2.24, 2.45) is 0 Å². The highest BCUT2D eigenvalue weighted by Gasteiger charge is 2.13. The molecule has 0 saturated heterocycles. The summed E-state index contributed by atoms with van der Waals surface area (Å²) in [6, 6.07) is 11.1. The Kier molecular flexibility index (Phi) is 4.58. The van der Waals surface area contributed by atoms with Crippen molar-refractivity contribution in [1.82, 2.24) is 0 Å². The van der Waals surface area contributed by atoms with Gasteiger partial charge in [0.15, 0.2) is 0 Å². The van der Waals surface area contributed by atoms with E-state index in [1.807, 2.05) is 44.2 Å². The summed E-state index contributed by atoms with van der Waals surface area (Å²) in [6.07, 6.45) is 0. The minimum absolute atomic E-state index is 0.0640. The maximum Gasteiger partial charge on any atom is 0.142 e. The molecule has 2 aromatic rings. The van der Waals surface area contributed by atoms with Gasteiger partial charge in [0.05, 0.1) is 25.9 Å². The Balaban J connectivity index is 2.30. The van der Waals surface area contributed by atoms with Crippen LogP contribution < -0.4 is 14.8 Å². The lowest BCUT2D eigenvalue weighted by molar-refractivity contribution is 0.404. The smallest absolute Gasteiger partial charge is 0.142 e. The Morgan fingerprint density at radius 3 is 2.48 bits per heavy atom. The summed E-state index contributed by atoms with van der Waals surface area (Å²) < 4.78 is 10.6. The van der Waals surface area contributed by atoms with E-state index in [-0.39, 0.29) is 11.8 Å². The summed E-state index contributed by atoms with van der Waals surface area (Å²) in [6.45, 7) is 4.00. The average molecular weight is 287 g/mol. The lowest BCUT2D eigenvalue weighted by Gasteiger charge is -2.19. The molecule has 1 unspecified atom stereocenters.